The quantitative estimate of drug-likeness (QED) is 0.322. The summed E-state index contributed by atoms with van der Waals surface area (Å²) in [6.45, 7) is 2.26. The summed E-state index contributed by atoms with van der Waals surface area (Å²) in [5.41, 5.74) is 1.11. The lowest BCUT2D eigenvalue weighted by atomic mass is 9.94. The van der Waals surface area contributed by atoms with Crippen molar-refractivity contribution in [3.63, 3.8) is 0 Å². The second kappa shape index (κ2) is 12.8. The van der Waals surface area contributed by atoms with Gasteiger partial charge in [-0.1, -0.05) is 101 Å². The lowest BCUT2D eigenvalue weighted by Gasteiger charge is -2.13. The van der Waals surface area contributed by atoms with Crippen LogP contribution >= 0.6 is 12.6 Å². The van der Waals surface area contributed by atoms with Gasteiger partial charge in [0.2, 0.25) is 0 Å². The fourth-order valence-corrected chi connectivity index (χ4v) is 3.23. The van der Waals surface area contributed by atoms with E-state index in [0.717, 1.165) is 18.4 Å². The minimum absolute atomic E-state index is 0.00197. The molecule has 0 spiro atoms. The normalized spacial score (nSPS) is 12.3. The Hall–Kier alpha value is -0.760. The van der Waals surface area contributed by atoms with Crippen LogP contribution in [0.15, 0.2) is 30.3 Å². The average Bonchev–Trinajstić information content (AvgIpc) is 2.53. The first-order valence-electron chi connectivity index (χ1n) is 9.03. The second-order valence-electron chi connectivity index (χ2n) is 6.27. The third-order valence-electron chi connectivity index (χ3n) is 4.35. The fraction of sp³-hybridized carbons (Fsp3) is 0.650. The molecule has 1 nitrogen and oxygen atoms in total. The van der Waals surface area contributed by atoms with E-state index in [1.165, 1.54) is 57.8 Å². The predicted octanol–water partition coefficient (Wildman–Crippen LogP) is 6.54. The predicted molar refractivity (Wildman–Crippen MR) is 99.6 cm³/mol. The van der Waals surface area contributed by atoms with E-state index in [1.807, 2.05) is 30.3 Å². The van der Waals surface area contributed by atoms with Gasteiger partial charge in [0.15, 0.2) is 5.12 Å². The van der Waals surface area contributed by atoms with Gasteiger partial charge in [-0.2, -0.15) is 0 Å². The Morgan fingerprint density at radius 2 is 1.36 bits per heavy atom. The van der Waals surface area contributed by atoms with Gasteiger partial charge in [-0.3, -0.25) is 4.79 Å². The zero-order valence-electron chi connectivity index (χ0n) is 14.1. The van der Waals surface area contributed by atoms with Gasteiger partial charge < -0.3 is 0 Å². The highest BCUT2D eigenvalue weighted by atomic mass is 32.1. The molecule has 0 N–H and O–H groups in total. The van der Waals surface area contributed by atoms with Crippen molar-refractivity contribution < 1.29 is 4.79 Å². The Bertz CT molecular complexity index is 388. The van der Waals surface area contributed by atoms with Crippen LogP contribution in [0.3, 0.4) is 0 Å². The fourth-order valence-electron chi connectivity index (χ4n) is 2.95. The van der Waals surface area contributed by atoms with Crippen LogP contribution < -0.4 is 0 Å². The molecule has 0 fully saturated rings. The molecule has 0 aromatic heterocycles. The van der Waals surface area contributed by atoms with Gasteiger partial charge in [0.05, 0.1) is 5.92 Å². The molecule has 2 heteroatoms. The molecule has 1 unspecified atom stereocenters. The number of thiol groups is 1. The number of hydrogen-bond acceptors (Lipinski definition) is 1. The summed E-state index contributed by atoms with van der Waals surface area (Å²) in [5, 5.41) is 0.00197. The molecular formula is C20H32OS. The minimum atomic E-state index is -0.0291. The average molecular weight is 321 g/mol. The lowest BCUT2D eigenvalue weighted by Crippen LogP contribution is -2.06. The maximum atomic E-state index is 11.7. The van der Waals surface area contributed by atoms with Crippen molar-refractivity contribution in [2.24, 2.45) is 0 Å². The van der Waals surface area contributed by atoms with Crippen LogP contribution in [-0.2, 0) is 4.79 Å². The van der Waals surface area contributed by atoms with E-state index in [4.69, 9.17) is 0 Å². The molecule has 22 heavy (non-hydrogen) atoms. The molecule has 0 aliphatic heterocycles. The van der Waals surface area contributed by atoms with Crippen LogP contribution in [0.25, 0.3) is 0 Å². The van der Waals surface area contributed by atoms with Crippen molar-refractivity contribution in [3.8, 4) is 0 Å². The van der Waals surface area contributed by atoms with Crippen molar-refractivity contribution >= 4 is 17.7 Å². The third-order valence-corrected chi connectivity index (χ3v) is 4.66. The number of carbonyl (C=O) groups excluding carboxylic acids is 1. The van der Waals surface area contributed by atoms with Gasteiger partial charge in [-0.15, -0.1) is 12.6 Å². The van der Waals surface area contributed by atoms with Gasteiger partial charge in [0.1, 0.15) is 0 Å². The van der Waals surface area contributed by atoms with E-state index in [-0.39, 0.29) is 11.0 Å². The van der Waals surface area contributed by atoms with Crippen LogP contribution in [0.2, 0.25) is 0 Å². The number of rotatable bonds is 13. The Balaban J connectivity index is 2.08. The summed E-state index contributed by atoms with van der Waals surface area (Å²) >= 11 is 4.06. The SMILES string of the molecule is CCCCCCCCCCCCC(C(=O)S)c1ccccc1. The summed E-state index contributed by atoms with van der Waals surface area (Å²) in [6, 6.07) is 10.1. The number of benzene rings is 1. The van der Waals surface area contributed by atoms with E-state index in [0.29, 0.717) is 0 Å². The molecule has 0 radical (unpaired) electrons. The Kier molecular flexibility index (Phi) is 11.2. The molecule has 1 aromatic rings. The molecule has 0 aliphatic rings. The second-order valence-corrected chi connectivity index (χ2v) is 6.71. The van der Waals surface area contributed by atoms with Gasteiger partial charge >= 0.3 is 0 Å². The van der Waals surface area contributed by atoms with Crippen molar-refractivity contribution in [3.05, 3.63) is 35.9 Å². The van der Waals surface area contributed by atoms with Crippen LogP contribution in [0.4, 0.5) is 0 Å². The molecule has 1 rings (SSSR count). The summed E-state index contributed by atoms with van der Waals surface area (Å²) in [6.07, 6.45) is 14.2. The minimum Gasteiger partial charge on any atom is -0.287 e. The molecule has 0 saturated carbocycles. The first kappa shape index (κ1) is 19.3. The molecule has 0 bridgehead atoms. The summed E-state index contributed by atoms with van der Waals surface area (Å²) in [7, 11) is 0. The summed E-state index contributed by atoms with van der Waals surface area (Å²) in [5.74, 6) is -0.0291. The largest absolute Gasteiger partial charge is 0.287 e. The van der Waals surface area contributed by atoms with E-state index in [9.17, 15) is 4.79 Å². The van der Waals surface area contributed by atoms with Gasteiger partial charge in [-0.05, 0) is 12.0 Å². The number of hydrogen-bond donors (Lipinski definition) is 1. The maximum Gasteiger partial charge on any atom is 0.193 e. The van der Waals surface area contributed by atoms with Crippen molar-refractivity contribution in [2.75, 3.05) is 0 Å². The number of unbranched alkanes of at least 4 members (excludes halogenated alkanes) is 9. The highest BCUT2D eigenvalue weighted by Gasteiger charge is 2.16. The van der Waals surface area contributed by atoms with Crippen molar-refractivity contribution in [1.29, 1.82) is 0 Å². The Labute approximate surface area is 142 Å². The zero-order valence-corrected chi connectivity index (χ0v) is 15.0. The van der Waals surface area contributed by atoms with Gasteiger partial charge in [0.25, 0.3) is 0 Å². The maximum absolute atomic E-state index is 11.7. The monoisotopic (exact) mass is 320 g/mol. The van der Waals surface area contributed by atoms with E-state index >= 15 is 0 Å². The van der Waals surface area contributed by atoms with Crippen molar-refractivity contribution in [2.45, 2.75) is 83.5 Å². The van der Waals surface area contributed by atoms with Crippen LogP contribution in [0.1, 0.15) is 89.0 Å². The molecular weight excluding hydrogens is 288 g/mol. The number of carbonyl (C=O) groups is 1. The van der Waals surface area contributed by atoms with Crippen molar-refractivity contribution in [1.82, 2.24) is 0 Å². The molecule has 124 valence electrons. The Morgan fingerprint density at radius 3 is 1.86 bits per heavy atom. The standard InChI is InChI=1S/C20H32OS/c1-2-3-4-5-6-7-8-9-10-14-17-19(20(21)22)18-15-12-11-13-16-18/h11-13,15-16,19H,2-10,14,17H2,1H3,(H,21,22). The van der Waals surface area contributed by atoms with E-state index in [2.05, 4.69) is 19.6 Å². The van der Waals surface area contributed by atoms with Crippen LogP contribution in [0, 0.1) is 0 Å². The van der Waals surface area contributed by atoms with Gasteiger partial charge in [0, 0.05) is 0 Å². The molecule has 1 atom stereocenters. The van der Waals surface area contributed by atoms with Crippen LogP contribution in [-0.4, -0.2) is 5.12 Å². The highest BCUT2D eigenvalue weighted by molar-refractivity contribution is 7.96. The highest BCUT2D eigenvalue weighted by Crippen LogP contribution is 2.25. The molecule has 1 aromatic carbocycles. The topological polar surface area (TPSA) is 17.1 Å². The Morgan fingerprint density at radius 1 is 0.864 bits per heavy atom. The third kappa shape index (κ3) is 8.63. The van der Waals surface area contributed by atoms with E-state index in [1.54, 1.807) is 0 Å². The summed E-state index contributed by atoms with van der Waals surface area (Å²) in [4.78, 5) is 11.7. The van der Waals surface area contributed by atoms with Gasteiger partial charge in [-0.25, -0.2) is 0 Å². The lowest BCUT2D eigenvalue weighted by molar-refractivity contribution is -0.112. The molecule has 0 saturated heterocycles. The zero-order chi connectivity index (χ0) is 16.0. The molecule has 0 aliphatic carbocycles. The molecule has 0 amide bonds. The molecule has 0 heterocycles. The first-order valence-corrected chi connectivity index (χ1v) is 9.48. The first-order chi connectivity index (χ1) is 10.8. The van der Waals surface area contributed by atoms with Crippen LogP contribution in [0.5, 0.6) is 0 Å². The summed E-state index contributed by atoms with van der Waals surface area (Å²) < 4.78 is 0. The van der Waals surface area contributed by atoms with E-state index < -0.39 is 0 Å². The smallest absolute Gasteiger partial charge is 0.193 e.